The third kappa shape index (κ3) is 66.6. The summed E-state index contributed by atoms with van der Waals surface area (Å²) < 4.78 is 68.2. The van der Waals surface area contributed by atoms with Crippen molar-refractivity contribution in [1.29, 1.82) is 0 Å². The number of carbonyl (C=O) groups excluding carboxylic acids is 4. The second-order valence-corrected chi connectivity index (χ2v) is 27.0. The predicted molar refractivity (Wildman–Crippen MR) is 381 cm³/mol. The van der Waals surface area contributed by atoms with Crippen molar-refractivity contribution < 1.29 is 80.2 Å². The average molecular weight is 1370 g/mol. The summed E-state index contributed by atoms with van der Waals surface area (Å²) in [5.41, 5.74) is 0. The van der Waals surface area contributed by atoms with Gasteiger partial charge in [0.2, 0.25) is 0 Å². The first kappa shape index (κ1) is 90.0. The Labute approximate surface area is 569 Å². The molecule has 0 saturated heterocycles. The number of carbonyl (C=O) groups is 4. The number of allylic oxidation sites excluding steroid dienone is 16. The van der Waals surface area contributed by atoms with E-state index in [0.717, 1.165) is 141 Å². The third-order valence-corrected chi connectivity index (χ3v) is 17.0. The van der Waals surface area contributed by atoms with Crippen molar-refractivity contribution in [3.8, 4) is 0 Å². The number of hydrogen-bond donors (Lipinski definition) is 3. The second-order valence-electron chi connectivity index (χ2n) is 24.1. The van der Waals surface area contributed by atoms with Gasteiger partial charge in [-0.15, -0.1) is 0 Å². The van der Waals surface area contributed by atoms with Crippen molar-refractivity contribution in [3.05, 3.63) is 97.2 Å². The van der Waals surface area contributed by atoms with E-state index >= 15 is 0 Å². The Kier molecular flexibility index (Phi) is 64.7. The van der Waals surface area contributed by atoms with E-state index in [1.54, 1.807) is 0 Å². The van der Waals surface area contributed by atoms with Crippen LogP contribution < -0.4 is 0 Å². The first-order valence-corrected chi connectivity index (χ1v) is 39.5. The van der Waals surface area contributed by atoms with Crippen LogP contribution in [0.2, 0.25) is 0 Å². The van der Waals surface area contributed by atoms with E-state index in [2.05, 4.69) is 125 Å². The van der Waals surface area contributed by atoms with E-state index in [4.69, 9.17) is 37.0 Å². The first-order chi connectivity index (χ1) is 45.7. The lowest BCUT2D eigenvalue weighted by atomic mass is 10.1. The molecule has 17 nitrogen and oxygen atoms in total. The van der Waals surface area contributed by atoms with Gasteiger partial charge in [-0.1, -0.05) is 266 Å². The van der Waals surface area contributed by atoms with Crippen molar-refractivity contribution >= 4 is 39.5 Å². The van der Waals surface area contributed by atoms with Crippen LogP contribution in [0.25, 0.3) is 0 Å². The summed E-state index contributed by atoms with van der Waals surface area (Å²) in [7, 11) is -9.95. The molecule has 0 aliphatic carbocycles. The van der Waals surface area contributed by atoms with Crippen molar-refractivity contribution in [3.63, 3.8) is 0 Å². The molecule has 5 atom stereocenters. The number of rotatable bonds is 68. The van der Waals surface area contributed by atoms with Gasteiger partial charge in [-0.05, 0) is 103 Å². The summed E-state index contributed by atoms with van der Waals surface area (Å²) in [4.78, 5) is 72.6. The molecule has 0 aromatic heterocycles. The minimum Gasteiger partial charge on any atom is -0.462 e. The molecule has 0 bridgehead atoms. The first-order valence-electron chi connectivity index (χ1n) is 36.5. The zero-order valence-electron chi connectivity index (χ0n) is 58.9. The molecule has 0 aliphatic rings. The number of aliphatic hydroxyl groups excluding tert-OH is 1. The summed E-state index contributed by atoms with van der Waals surface area (Å²) in [5, 5.41) is 10.6. The smallest absolute Gasteiger partial charge is 0.462 e. The summed E-state index contributed by atoms with van der Waals surface area (Å²) in [6, 6.07) is 0. The number of aliphatic hydroxyl groups is 1. The highest BCUT2D eigenvalue weighted by atomic mass is 31.2. The van der Waals surface area contributed by atoms with Crippen molar-refractivity contribution in [1.82, 2.24) is 0 Å². The van der Waals surface area contributed by atoms with E-state index in [1.165, 1.54) is 77.0 Å². The molecule has 542 valence electrons. The molecule has 0 radical (unpaired) electrons. The van der Waals surface area contributed by atoms with Crippen LogP contribution in [-0.2, 0) is 65.4 Å². The quantitative estimate of drug-likeness (QED) is 0.0169. The molecule has 5 unspecified atom stereocenters. The Morgan fingerprint density at radius 2 is 0.553 bits per heavy atom. The summed E-state index contributed by atoms with van der Waals surface area (Å²) in [6.45, 7) is 4.56. The molecule has 0 saturated carbocycles. The normalized spacial score (nSPS) is 14.6. The Bertz CT molecular complexity index is 2170. The van der Waals surface area contributed by atoms with E-state index in [-0.39, 0.29) is 25.7 Å². The topological polar surface area (TPSA) is 237 Å². The Hall–Kier alpha value is -4.02. The molecular formula is C75H130O17P2. The van der Waals surface area contributed by atoms with E-state index in [9.17, 15) is 43.2 Å². The van der Waals surface area contributed by atoms with Gasteiger partial charge < -0.3 is 33.8 Å². The SMILES string of the molecule is CC/C=C\C/C=C\C/C=C\C/C=C\CCCCCCC(=O)OCC(COP(=O)(O)OCC(O)COP(=O)(O)OCC(COC(=O)CCCC/C=C\C/C=C\C/C=C\C/C=C\CC)OC(=O)CCCCCCCCCCCCC)OC(=O)CCCCCCCCCCCCC. The maximum atomic E-state index is 13.0. The van der Waals surface area contributed by atoms with E-state index < -0.39 is 97.5 Å². The van der Waals surface area contributed by atoms with Crippen LogP contribution in [-0.4, -0.2) is 96.7 Å². The van der Waals surface area contributed by atoms with Crippen molar-refractivity contribution in [2.75, 3.05) is 39.6 Å². The lowest BCUT2D eigenvalue weighted by molar-refractivity contribution is -0.161. The second kappa shape index (κ2) is 67.5. The zero-order valence-corrected chi connectivity index (χ0v) is 60.7. The summed E-state index contributed by atoms with van der Waals surface area (Å²) in [6.07, 6.45) is 68.5. The predicted octanol–water partition coefficient (Wildman–Crippen LogP) is 20.4. The molecule has 0 aliphatic heterocycles. The van der Waals surface area contributed by atoms with Gasteiger partial charge in [0.05, 0.1) is 26.4 Å². The molecule has 0 rings (SSSR count). The van der Waals surface area contributed by atoms with Crippen LogP contribution in [0, 0.1) is 0 Å². The molecular weight excluding hydrogens is 1230 g/mol. The number of ether oxygens (including phenoxy) is 4. The minimum atomic E-state index is -4.97. The van der Waals surface area contributed by atoms with Crippen LogP contribution in [0.15, 0.2) is 97.2 Å². The molecule has 0 fully saturated rings. The lowest BCUT2D eigenvalue weighted by Crippen LogP contribution is -2.30. The molecule has 3 N–H and O–H groups in total. The number of hydrogen-bond acceptors (Lipinski definition) is 15. The molecule has 94 heavy (non-hydrogen) atoms. The number of unbranched alkanes of at least 4 members (excludes halogenated alkanes) is 26. The third-order valence-electron chi connectivity index (χ3n) is 15.1. The number of phosphoric acid groups is 2. The highest BCUT2D eigenvalue weighted by Gasteiger charge is 2.30. The summed E-state index contributed by atoms with van der Waals surface area (Å²) in [5.74, 6) is -2.24. The monoisotopic (exact) mass is 1360 g/mol. The molecule has 0 heterocycles. The van der Waals surface area contributed by atoms with Crippen LogP contribution in [0.3, 0.4) is 0 Å². The lowest BCUT2D eigenvalue weighted by Gasteiger charge is -2.21. The molecule has 0 spiro atoms. The number of esters is 4. The van der Waals surface area contributed by atoms with Gasteiger partial charge in [-0.3, -0.25) is 37.3 Å². The van der Waals surface area contributed by atoms with Gasteiger partial charge in [0.1, 0.15) is 19.3 Å². The largest absolute Gasteiger partial charge is 0.472 e. The van der Waals surface area contributed by atoms with Crippen molar-refractivity contribution in [2.24, 2.45) is 0 Å². The van der Waals surface area contributed by atoms with E-state index in [0.29, 0.717) is 25.7 Å². The standard InChI is InChI=1S/C75H130O17P2/c1-5-9-13-17-21-25-29-31-33-34-36-38-42-44-48-52-56-60-73(78)86-66-71(92-75(80)62-58-54-50-46-40-28-24-20-16-12-8-4)68-90-94(83,84)88-64-69(76)63-87-93(81,82)89-67-70(91-74(79)61-57-53-49-45-39-27-23-19-15-11-7-3)65-85-72(77)59-55-51-47-43-41-37-35-32-30-26-22-18-14-10-6-2/h9-10,13-14,21-22,25-26,31-33,35-36,38,41,43,69-71,76H,5-8,11-12,15-20,23-24,27-30,34,37,39-40,42,44-68H2,1-4H3,(H,81,82)(H,83,84)/b13-9-,14-10-,25-21-,26-22-,33-31-,35-32-,38-36-,43-41-. The average Bonchev–Trinajstić information content (AvgIpc) is 1.32. The van der Waals surface area contributed by atoms with Crippen molar-refractivity contribution in [2.45, 2.75) is 316 Å². The van der Waals surface area contributed by atoms with Gasteiger partial charge in [-0.25, -0.2) is 9.13 Å². The Balaban J connectivity index is 5.33. The van der Waals surface area contributed by atoms with Crippen LogP contribution in [0.1, 0.15) is 297 Å². The molecule has 0 aromatic carbocycles. The van der Waals surface area contributed by atoms with Gasteiger partial charge >= 0.3 is 39.5 Å². The fraction of sp³-hybridized carbons (Fsp3) is 0.733. The fourth-order valence-corrected chi connectivity index (χ4v) is 11.1. The van der Waals surface area contributed by atoms with E-state index in [1.807, 2.05) is 0 Å². The van der Waals surface area contributed by atoms with Gasteiger partial charge in [0.25, 0.3) is 0 Å². The van der Waals surface area contributed by atoms with Gasteiger partial charge in [0, 0.05) is 25.7 Å². The van der Waals surface area contributed by atoms with Gasteiger partial charge in [-0.2, -0.15) is 0 Å². The van der Waals surface area contributed by atoms with Crippen LogP contribution in [0.4, 0.5) is 0 Å². The zero-order chi connectivity index (χ0) is 69.0. The highest BCUT2D eigenvalue weighted by Crippen LogP contribution is 2.45. The van der Waals surface area contributed by atoms with Crippen LogP contribution >= 0.6 is 15.6 Å². The summed E-state index contributed by atoms with van der Waals surface area (Å²) >= 11 is 0. The Morgan fingerprint density at radius 3 is 0.872 bits per heavy atom. The van der Waals surface area contributed by atoms with Crippen LogP contribution in [0.5, 0.6) is 0 Å². The number of phosphoric ester groups is 2. The fourth-order valence-electron chi connectivity index (χ4n) is 9.55. The van der Waals surface area contributed by atoms with Gasteiger partial charge in [0.15, 0.2) is 12.2 Å². The minimum absolute atomic E-state index is 0.0880. The molecule has 0 aromatic rings. The maximum absolute atomic E-state index is 13.0. The molecule has 0 amide bonds. The Morgan fingerprint density at radius 1 is 0.309 bits per heavy atom. The highest BCUT2D eigenvalue weighted by molar-refractivity contribution is 7.47. The molecule has 19 heteroatoms. The maximum Gasteiger partial charge on any atom is 0.472 e.